The van der Waals surface area contributed by atoms with Crippen molar-refractivity contribution < 1.29 is 9.53 Å². The average Bonchev–Trinajstić information content (AvgIpc) is 2.48. The molecule has 0 radical (unpaired) electrons. The van der Waals surface area contributed by atoms with Crippen LogP contribution in [0.2, 0.25) is 0 Å². The van der Waals surface area contributed by atoms with Crippen LogP contribution in [-0.2, 0) is 9.53 Å². The van der Waals surface area contributed by atoms with Crippen molar-refractivity contribution in [2.45, 2.75) is 25.9 Å². The van der Waals surface area contributed by atoms with Gasteiger partial charge in [0.05, 0.1) is 19.3 Å². The summed E-state index contributed by atoms with van der Waals surface area (Å²) in [7, 11) is 0. The molecule has 0 aromatic heterocycles. The molecular formula is C15H21BrN2O2. The molecule has 1 aromatic rings. The summed E-state index contributed by atoms with van der Waals surface area (Å²) in [5, 5.41) is 3.37. The smallest absolute Gasteiger partial charge is 0.239 e. The van der Waals surface area contributed by atoms with Crippen LogP contribution < -0.4 is 5.32 Å². The van der Waals surface area contributed by atoms with Crippen molar-refractivity contribution >= 4 is 21.8 Å². The molecule has 1 aliphatic heterocycles. The molecule has 1 heterocycles. The highest BCUT2D eigenvalue weighted by atomic mass is 79.9. The van der Waals surface area contributed by atoms with Crippen LogP contribution in [0.3, 0.4) is 0 Å². The van der Waals surface area contributed by atoms with E-state index < -0.39 is 0 Å². The summed E-state index contributed by atoms with van der Waals surface area (Å²) < 4.78 is 6.33. The summed E-state index contributed by atoms with van der Waals surface area (Å²) in [6.45, 7) is 6.66. The molecule has 0 spiro atoms. The van der Waals surface area contributed by atoms with Crippen LogP contribution in [-0.4, -0.2) is 43.2 Å². The van der Waals surface area contributed by atoms with Gasteiger partial charge in [0.15, 0.2) is 0 Å². The zero-order valence-corrected chi connectivity index (χ0v) is 13.5. The second kappa shape index (κ2) is 7.20. The summed E-state index contributed by atoms with van der Waals surface area (Å²) in [5.74, 6) is 0.150. The summed E-state index contributed by atoms with van der Waals surface area (Å²) in [6, 6.07) is 8.11. The predicted octanol–water partition coefficient (Wildman–Crippen LogP) is 2.35. The van der Waals surface area contributed by atoms with Gasteiger partial charge in [0.25, 0.3) is 0 Å². The van der Waals surface area contributed by atoms with Crippen LogP contribution in [0.1, 0.15) is 25.5 Å². The van der Waals surface area contributed by atoms with E-state index in [0.717, 1.165) is 4.47 Å². The first-order chi connectivity index (χ1) is 9.58. The summed E-state index contributed by atoms with van der Waals surface area (Å²) in [6.07, 6.45) is 0. The Morgan fingerprint density at radius 3 is 2.45 bits per heavy atom. The average molecular weight is 341 g/mol. The molecule has 1 amide bonds. The molecule has 0 aliphatic carbocycles. The Kier molecular flexibility index (Phi) is 5.57. The highest BCUT2D eigenvalue weighted by Gasteiger charge is 2.23. The van der Waals surface area contributed by atoms with Gasteiger partial charge in [-0.15, -0.1) is 0 Å². The van der Waals surface area contributed by atoms with Crippen molar-refractivity contribution in [2.24, 2.45) is 0 Å². The molecule has 1 saturated heterocycles. The normalized spacial score (nSPS) is 18.6. The molecule has 2 atom stereocenters. The van der Waals surface area contributed by atoms with E-state index in [1.165, 1.54) is 5.56 Å². The van der Waals surface area contributed by atoms with Gasteiger partial charge in [0, 0.05) is 23.6 Å². The number of nitrogens with zero attached hydrogens (tertiary/aromatic N) is 1. The first-order valence-electron chi connectivity index (χ1n) is 6.96. The van der Waals surface area contributed by atoms with Crippen LogP contribution in [0, 0.1) is 0 Å². The largest absolute Gasteiger partial charge is 0.378 e. The number of halogens is 1. The van der Waals surface area contributed by atoms with Gasteiger partial charge in [0.1, 0.15) is 0 Å². The Morgan fingerprint density at radius 2 is 1.85 bits per heavy atom. The number of rotatable bonds is 4. The van der Waals surface area contributed by atoms with Crippen LogP contribution in [0.25, 0.3) is 0 Å². The van der Waals surface area contributed by atoms with E-state index in [4.69, 9.17) is 4.74 Å². The molecule has 1 fully saturated rings. The molecule has 1 N–H and O–H groups in total. The number of ether oxygens (including phenoxy) is 1. The van der Waals surface area contributed by atoms with E-state index >= 15 is 0 Å². The number of carbonyl (C=O) groups excluding carboxylic acids is 1. The summed E-state index contributed by atoms with van der Waals surface area (Å²) >= 11 is 3.43. The second-order valence-electron chi connectivity index (χ2n) is 5.10. The maximum atomic E-state index is 12.3. The van der Waals surface area contributed by atoms with Gasteiger partial charge < -0.3 is 9.64 Å². The standard InChI is InChI=1S/C15H21BrN2O2/c1-11(13-3-5-14(16)6-4-13)17-12(2)15(19)18-7-9-20-10-8-18/h3-6,11-12,17H,7-10H2,1-2H3/t11-,12?/m1/s1. The topological polar surface area (TPSA) is 41.6 Å². The first kappa shape index (κ1) is 15.5. The number of nitrogens with one attached hydrogen (secondary N) is 1. The lowest BCUT2D eigenvalue weighted by molar-refractivity contribution is -0.137. The fourth-order valence-corrected chi connectivity index (χ4v) is 2.62. The first-order valence-corrected chi connectivity index (χ1v) is 7.75. The third-order valence-electron chi connectivity index (χ3n) is 3.56. The molecule has 1 unspecified atom stereocenters. The number of morpholine rings is 1. The Morgan fingerprint density at radius 1 is 1.25 bits per heavy atom. The third kappa shape index (κ3) is 4.04. The van der Waals surface area contributed by atoms with Gasteiger partial charge in [-0.3, -0.25) is 10.1 Å². The van der Waals surface area contributed by atoms with Gasteiger partial charge in [0.2, 0.25) is 5.91 Å². The lowest BCUT2D eigenvalue weighted by atomic mass is 10.1. The third-order valence-corrected chi connectivity index (χ3v) is 4.09. The quantitative estimate of drug-likeness (QED) is 0.914. The van der Waals surface area contributed by atoms with Gasteiger partial charge in [-0.25, -0.2) is 0 Å². The molecule has 110 valence electrons. The molecule has 0 saturated carbocycles. The molecular weight excluding hydrogens is 320 g/mol. The molecule has 2 rings (SSSR count). The SMILES string of the molecule is CC(N[C@H](C)c1ccc(Br)cc1)C(=O)N1CCOCC1. The molecule has 20 heavy (non-hydrogen) atoms. The summed E-state index contributed by atoms with van der Waals surface area (Å²) in [4.78, 5) is 14.2. The van der Waals surface area contributed by atoms with Crippen LogP contribution in [0.5, 0.6) is 0 Å². The fourth-order valence-electron chi connectivity index (χ4n) is 2.35. The Balaban J connectivity index is 1.91. The highest BCUT2D eigenvalue weighted by molar-refractivity contribution is 9.10. The maximum Gasteiger partial charge on any atom is 0.239 e. The zero-order valence-electron chi connectivity index (χ0n) is 11.9. The van der Waals surface area contributed by atoms with Crippen molar-refractivity contribution in [3.63, 3.8) is 0 Å². The fraction of sp³-hybridized carbons (Fsp3) is 0.533. The lowest BCUT2D eigenvalue weighted by Gasteiger charge is -2.30. The van der Waals surface area contributed by atoms with Gasteiger partial charge >= 0.3 is 0 Å². The van der Waals surface area contributed by atoms with E-state index in [9.17, 15) is 4.79 Å². The van der Waals surface area contributed by atoms with Crippen LogP contribution in [0.15, 0.2) is 28.7 Å². The molecule has 1 aliphatic rings. The van der Waals surface area contributed by atoms with Crippen molar-refractivity contribution in [1.82, 2.24) is 10.2 Å². The molecule has 4 nitrogen and oxygen atoms in total. The van der Waals surface area contributed by atoms with E-state index in [-0.39, 0.29) is 18.0 Å². The Labute approximate surface area is 128 Å². The van der Waals surface area contributed by atoms with E-state index in [1.807, 2.05) is 24.0 Å². The van der Waals surface area contributed by atoms with Crippen molar-refractivity contribution in [1.29, 1.82) is 0 Å². The van der Waals surface area contributed by atoms with E-state index in [0.29, 0.717) is 26.3 Å². The highest BCUT2D eigenvalue weighted by Crippen LogP contribution is 2.17. The number of benzene rings is 1. The number of hydrogen-bond acceptors (Lipinski definition) is 3. The second-order valence-corrected chi connectivity index (χ2v) is 6.01. The Bertz CT molecular complexity index is 444. The van der Waals surface area contributed by atoms with Gasteiger partial charge in [-0.2, -0.15) is 0 Å². The van der Waals surface area contributed by atoms with Crippen molar-refractivity contribution in [3.8, 4) is 0 Å². The predicted molar refractivity (Wildman–Crippen MR) is 82.6 cm³/mol. The number of amides is 1. The van der Waals surface area contributed by atoms with Crippen LogP contribution >= 0.6 is 15.9 Å². The molecule has 0 bridgehead atoms. The minimum absolute atomic E-state index is 0.142. The minimum atomic E-state index is -0.188. The van der Waals surface area contributed by atoms with E-state index in [1.54, 1.807) is 0 Å². The van der Waals surface area contributed by atoms with Gasteiger partial charge in [-0.05, 0) is 31.5 Å². The molecule has 1 aromatic carbocycles. The monoisotopic (exact) mass is 340 g/mol. The zero-order chi connectivity index (χ0) is 14.5. The van der Waals surface area contributed by atoms with Crippen molar-refractivity contribution in [3.05, 3.63) is 34.3 Å². The minimum Gasteiger partial charge on any atom is -0.378 e. The maximum absolute atomic E-state index is 12.3. The Hall–Kier alpha value is -0.910. The number of carbonyl (C=O) groups is 1. The lowest BCUT2D eigenvalue weighted by Crippen LogP contribution is -2.49. The van der Waals surface area contributed by atoms with E-state index in [2.05, 4.69) is 40.3 Å². The van der Waals surface area contributed by atoms with Gasteiger partial charge in [-0.1, -0.05) is 28.1 Å². The molecule has 5 heteroatoms. The van der Waals surface area contributed by atoms with Crippen LogP contribution in [0.4, 0.5) is 0 Å². The number of hydrogen-bond donors (Lipinski definition) is 1. The van der Waals surface area contributed by atoms with Crippen molar-refractivity contribution in [2.75, 3.05) is 26.3 Å². The summed E-state index contributed by atoms with van der Waals surface area (Å²) in [5.41, 5.74) is 1.18.